The molecule has 0 aromatic rings. The Hall–Kier alpha value is 0.707. The summed E-state index contributed by atoms with van der Waals surface area (Å²) in [5.41, 5.74) is 0. The monoisotopic (exact) mass is 910 g/mol. The van der Waals surface area contributed by atoms with E-state index in [2.05, 4.69) is 68.6 Å². The summed E-state index contributed by atoms with van der Waals surface area (Å²) < 4.78 is 34.8. The molecule has 0 aliphatic carbocycles. The van der Waals surface area contributed by atoms with Crippen molar-refractivity contribution in [2.45, 2.75) is 271 Å². The Bertz CT molecular complexity index is 928. The Labute approximate surface area is 362 Å². The molecule has 0 unspecified atom stereocenters. The number of rotatable bonds is 32. The van der Waals surface area contributed by atoms with Gasteiger partial charge in [-0.05, 0) is 71.5 Å². The molecule has 0 amide bonds. The van der Waals surface area contributed by atoms with Crippen molar-refractivity contribution < 1.29 is 51.8 Å². The number of unbranched alkanes of at least 4 members (excludes halogenated alkanes) is 22. The molecule has 55 heavy (non-hydrogen) atoms. The van der Waals surface area contributed by atoms with Crippen LogP contribution in [-0.4, -0.2) is 82.1 Å². The van der Waals surface area contributed by atoms with Crippen molar-refractivity contribution in [2.24, 2.45) is 0 Å². The van der Waals surface area contributed by atoms with Crippen LogP contribution in [0, 0.1) is 0 Å². The third kappa shape index (κ3) is 22.2. The van der Waals surface area contributed by atoms with Crippen LogP contribution < -0.4 is 24.0 Å². The Morgan fingerprint density at radius 1 is 0.600 bits per heavy atom. The smallest absolute Gasteiger partial charge is 0.192 e. The maximum absolute atomic E-state index is 7.28. The summed E-state index contributed by atoms with van der Waals surface area (Å²) in [6.07, 6.45) is 32.6. The van der Waals surface area contributed by atoms with Gasteiger partial charge in [0.15, 0.2) is 19.9 Å². The van der Waals surface area contributed by atoms with Gasteiger partial charge in [-0.2, -0.15) is 0 Å². The van der Waals surface area contributed by atoms with E-state index in [1.807, 2.05) is 13.8 Å². The maximum atomic E-state index is 7.28. The highest BCUT2D eigenvalue weighted by atomic mass is 127. The van der Waals surface area contributed by atoms with Gasteiger partial charge in [-0.3, -0.25) is 0 Å². The second-order valence-corrected chi connectivity index (χ2v) is 25.1. The third-order valence-corrected chi connectivity index (χ3v) is 17.4. The van der Waals surface area contributed by atoms with Gasteiger partial charge in [-0.1, -0.05) is 163 Å². The van der Waals surface area contributed by atoms with Crippen molar-refractivity contribution in [2.75, 3.05) is 33.3 Å². The van der Waals surface area contributed by atoms with Crippen molar-refractivity contribution in [1.29, 1.82) is 0 Å². The largest absolute Gasteiger partial charge is 1.00 e. The Morgan fingerprint density at radius 3 is 1.33 bits per heavy atom. The molecule has 2 aliphatic heterocycles. The molecule has 0 aromatic heterocycles. The minimum Gasteiger partial charge on any atom is -1.00 e. The van der Waals surface area contributed by atoms with Crippen LogP contribution in [0.25, 0.3) is 0 Å². The molecule has 8 heteroatoms. The molecule has 0 spiro atoms. The molecule has 2 aliphatic rings. The molecule has 2 heterocycles. The molecule has 0 bridgehead atoms. The summed E-state index contributed by atoms with van der Waals surface area (Å²) in [6, 6.07) is 0. The number of halogens is 1. The Morgan fingerprint density at radius 2 is 0.982 bits per heavy atom. The second kappa shape index (κ2) is 27.5. The van der Waals surface area contributed by atoms with E-state index in [1.165, 1.54) is 167 Å². The van der Waals surface area contributed by atoms with Gasteiger partial charge in [0.05, 0.1) is 26.7 Å². The predicted octanol–water partition coefficient (Wildman–Crippen LogP) is 10.9. The van der Waals surface area contributed by atoms with Gasteiger partial charge in [0.2, 0.25) is 0 Å². The summed E-state index contributed by atoms with van der Waals surface area (Å²) in [5, 5.41) is 0.0680. The van der Waals surface area contributed by atoms with Gasteiger partial charge in [0, 0.05) is 0 Å². The summed E-state index contributed by atoms with van der Waals surface area (Å²) in [6.45, 7) is 28.3. The summed E-state index contributed by atoms with van der Waals surface area (Å²) in [5.74, 6) is -1.30. The second-order valence-electron chi connectivity index (χ2n) is 20.4. The molecule has 6 nitrogen and oxygen atoms in total. The first kappa shape index (κ1) is 53.7. The maximum Gasteiger partial charge on any atom is 0.192 e. The lowest BCUT2D eigenvalue weighted by molar-refractivity contribution is -0.913. The molecule has 0 aromatic carbocycles. The lowest BCUT2D eigenvalue weighted by Crippen LogP contribution is -3.00. The van der Waals surface area contributed by atoms with E-state index >= 15 is 0 Å². The van der Waals surface area contributed by atoms with Crippen molar-refractivity contribution in [3.05, 3.63) is 0 Å². The lowest BCUT2D eigenvalue weighted by Gasteiger charge is -2.43. The van der Waals surface area contributed by atoms with Gasteiger partial charge >= 0.3 is 0 Å². The zero-order valence-corrected chi connectivity index (χ0v) is 42.1. The molecule has 330 valence electrons. The molecular formula is C47H96INO5Si. The summed E-state index contributed by atoms with van der Waals surface area (Å²) >= 11 is 0. The molecular weight excluding hydrogens is 814 g/mol. The lowest BCUT2D eigenvalue weighted by atomic mass is 10.0. The highest BCUT2D eigenvalue weighted by Crippen LogP contribution is 2.42. The zero-order chi connectivity index (χ0) is 40.1. The summed E-state index contributed by atoms with van der Waals surface area (Å²) in [4.78, 5) is 0. The molecule has 0 saturated carbocycles. The van der Waals surface area contributed by atoms with E-state index in [0.29, 0.717) is 6.61 Å². The van der Waals surface area contributed by atoms with Crippen molar-refractivity contribution in [3.63, 3.8) is 0 Å². The van der Waals surface area contributed by atoms with Crippen molar-refractivity contribution in [3.8, 4) is 0 Å². The fraction of sp³-hybridized carbons (Fsp3) is 1.00. The van der Waals surface area contributed by atoms with Gasteiger partial charge in [-0.15, -0.1) is 0 Å². The van der Waals surface area contributed by atoms with Crippen LogP contribution in [-0.2, 0) is 23.4 Å². The predicted molar refractivity (Wildman–Crippen MR) is 234 cm³/mol. The van der Waals surface area contributed by atoms with E-state index in [9.17, 15) is 0 Å². The van der Waals surface area contributed by atoms with Crippen LogP contribution in [0.1, 0.15) is 216 Å². The number of nitrogens with zero attached hydrogens (tertiary/aromatic N) is 1. The van der Waals surface area contributed by atoms with Gasteiger partial charge in [0.25, 0.3) is 0 Å². The standard InChI is InChI=1S/C47H96NO5Si.HI/c1-13-15-17-19-21-23-25-27-29-31-33-35-37-48(10,38-36-34-32-30-28-26-24-22-20-18-16-14-2)39-41-43(52-47(8,9)50-41)44(42-40-49-46(6,7)51-42)53-54(11,12)45(3,4)5;/h41-44H,13-40H2,1-12H3;1H/q+1;/p-1/t41-,42+,43+,44-;/m0./s1. The Balaban J connectivity index is 0.0000151. The number of hydrogen-bond donors (Lipinski definition) is 0. The van der Waals surface area contributed by atoms with E-state index in [0.717, 1.165) is 11.0 Å². The normalized spacial score (nSPS) is 21.9. The van der Waals surface area contributed by atoms with E-state index in [4.69, 9.17) is 23.4 Å². The Kier molecular flexibility index (Phi) is 26.9. The molecule has 2 fully saturated rings. The van der Waals surface area contributed by atoms with Crippen LogP contribution in [0.4, 0.5) is 0 Å². The first-order chi connectivity index (χ1) is 25.4. The van der Waals surface area contributed by atoms with Gasteiger partial charge in [0.1, 0.15) is 31.0 Å². The fourth-order valence-electron chi connectivity index (χ4n) is 8.43. The molecule has 0 radical (unpaired) electrons. The molecule has 4 atom stereocenters. The van der Waals surface area contributed by atoms with Crippen LogP contribution in [0.3, 0.4) is 0 Å². The van der Waals surface area contributed by atoms with E-state index in [-0.39, 0.29) is 53.4 Å². The zero-order valence-electron chi connectivity index (χ0n) is 39.0. The third-order valence-electron chi connectivity index (χ3n) is 12.9. The first-order valence-corrected chi connectivity index (χ1v) is 26.5. The summed E-state index contributed by atoms with van der Waals surface area (Å²) in [7, 11) is 0.344. The van der Waals surface area contributed by atoms with Crippen molar-refractivity contribution in [1.82, 2.24) is 0 Å². The minimum absolute atomic E-state index is 0. The van der Waals surface area contributed by atoms with Crippen LogP contribution in [0.15, 0.2) is 0 Å². The van der Waals surface area contributed by atoms with E-state index < -0.39 is 19.9 Å². The number of ether oxygens (including phenoxy) is 4. The first-order valence-electron chi connectivity index (χ1n) is 23.6. The van der Waals surface area contributed by atoms with Crippen LogP contribution >= 0.6 is 0 Å². The quantitative estimate of drug-likeness (QED) is 0.0291. The molecule has 2 rings (SSSR count). The average molecular weight is 910 g/mol. The number of likely N-dealkylation sites (N-methyl/N-ethyl adjacent to an activating group) is 1. The van der Waals surface area contributed by atoms with Gasteiger partial charge < -0.3 is 51.8 Å². The van der Waals surface area contributed by atoms with Crippen LogP contribution in [0.2, 0.25) is 18.1 Å². The van der Waals surface area contributed by atoms with E-state index in [1.54, 1.807) is 0 Å². The van der Waals surface area contributed by atoms with Gasteiger partial charge in [-0.25, -0.2) is 0 Å². The topological polar surface area (TPSA) is 46.2 Å². The SMILES string of the molecule is CCCCCCCCCCCCCC[N+](C)(CCCCCCCCCCCCCC)C[C@@H]1OC(C)(C)O[C@H]1[C@@H](O[Si](C)(C)C(C)(C)C)[C@H]1COC(C)(C)O1.[I-]. The molecule has 2 saturated heterocycles. The molecule has 0 N–H and O–H groups in total. The highest BCUT2D eigenvalue weighted by molar-refractivity contribution is 6.74. The minimum atomic E-state index is -2.16. The highest BCUT2D eigenvalue weighted by Gasteiger charge is 2.55. The fourth-order valence-corrected chi connectivity index (χ4v) is 9.75. The van der Waals surface area contributed by atoms with Crippen LogP contribution in [0.5, 0.6) is 0 Å². The van der Waals surface area contributed by atoms with Crippen molar-refractivity contribution >= 4 is 8.32 Å². The number of hydrogen-bond acceptors (Lipinski definition) is 5. The number of quaternary nitrogens is 1. The average Bonchev–Trinajstić information content (AvgIpc) is 3.60.